The first kappa shape index (κ1) is 17.5. The van der Waals surface area contributed by atoms with E-state index in [9.17, 15) is 17.6 Å². The highest BCUT2D eigenvalue weighted by Crippen LogP contribution is 2.17. The maximum Gasteiger partial charge on any atom is 0.335 e. The fraction of sp³-hybridized carbons (Fsp3) is 0.462. The summed E-state index contributed by atoms with van der Waals surface area (Å²) in [5.74, 6) is -2.43. The number of aromatic carboxylic acids is 1. The molecule has 0 radical (unpaired) electrons. The zero-order chi connectivity index (χ0) is 16.0. The van der Waals surface area contributed by atoms with Gasteiger partial charge in [-0.2, -0.15) is 0 Å². The SMILES string of the molecule is CCCC(COC)NS(=O)(=O)c1ccc(C(=O)O)cc1F. The van der Waals surface area contributed by atoms with Gasteiger partial charge in [-0.25, -0.2) is 22.3 Å². The summed E-state index contributed by atoms with van der Waals surface area (Å²) in [5, 5.41) is 8.74. The Morgan fingerprint density at radius 3 is 2.62 bits per heavy atom. The maximum atomic E-state index is 13.8. The molecule has 1 aromatic rings. The first-order valence-corrected chi connectivity index (χ1v) is 7.84. The van der Waals surface area contributed by atoms with E-state index in [1.54, 1.807) is 0 Å². The van der Waals surface area contributed by atoms with Gasteiger partial charge in [0.15, 0.2) is 0 Å². The molecule has 0 aromatic heterocycles. The third kappa shape index (κ3) is 4.76. The van der Waals surface area contributed by atoms with Crippen LogP contribution in [0, 0.1) is 5.82 Å². The fourth-order valence-electron chi connectivity index (χ4n) is 1.86. The van der Waals surface area contributed by atoms with Gasteiger partial charge in [-0.1, -0.05) is 13.3 Å². The number of ether oxygens (including phenoxy) is 1. The summed E-state index contributed by atoms with van der Waals surface area (Å²) in [6.07, 6.45) is 1.28. The predicted octanol–water partition coefficient (Wildman–Crippen LogP) is 1.62. The summed E-state index contributed by atoms with van der Waals surface area (Å²) in [6.45, 7) is 2.06. The molecule has 2 N–H and O–H groups in total. The van der Waals surface area contributed by atoms with Crippen LogP contribution in [0.15, 0.2) is 23.1 Å². The molecule has 0 fully saturated rings. The molecule has 0 bridgehead atoms. The molecule has 0 amide bonds. The lowest BCUT2D eigenvalue weighted by molar-refractivity contribution is 0.0696. The Morgan fingerprint density at radius 1 is 1.48 bits per heavy atom. The van der Waals surface area contributed by atoms with Gasteiger partial charge in [-0.3, -0.25) is 0 Å². The quantitative estimate of drug-likeness (QED) is 0.759. The second-order valence-corrected chi connectivity index (χ2v) is 6.19. The Balaban J connectivity index is 3.04. The molecule has 1 atom stereocenters. The zero-order valence-electron chi connectivity index (χ0n) is 11.8. The minimum atomic E-state index is -4.07. The van der Waals surface area contributed by atoms with E-state index < -0.39 is 32.7 Å². The number of hydrogen-bond acceptors (Lipinski definition) is 4. The fourth-order valence-corrected chi connectivity index (χ4v) is 3.18. The van der Waals surface area contributed by atoms with Crippen LogP contribution in [0.3, 0.4) is 0 Å². The number of nitrogens with one attached hydrogen (secondary N) is 1. The lowest BCUT2D eigenvalue weighted by atomic mass is 10.2. The van der Waals surface area contributed by atoms with Crippen molar-refractivity contribution in [2.24, 2.45) is 0 Å². The monoisotopic (exact) mass is 319 g/mol. The van der Waals surface area contributed by atoms with Crippen molar-refractivity contribution in [1.29, 1.82) is 0 Å². The Hall–Kier alpha value is -1.51. The summed E-state index contributed by atoms with van der Waals surface area (Å²) in [4.78, 5) is 10.1. The molecule has 118 valence electrons. The Morgan fingerprint density at radius 2 is 2.14 bits per heavy atom. The number of rotatable bonds is 8. The van der Waals surface area contributed by atoms with Crippen LogP contribution in [-0.4, -0.2) is 39.3 Å². The van der Waals surface area contributed by atoms with Crippen LogP contribution in [0.2, 0.25) is 0 Å². The van der Waals surface area contributed by atoms with Crippen LogP contribution >= 0.6 is 0 Å². The Bertz CT molecular complexity index is 597. The summed E-state index contributed by atoms with van der Waals surface area (Å²) >= 11 is 0. The molecular formula is C13H18FNO5S. The normalized spacial score (nSPS) is 13.1. The highest BCUT2D eigenvalue weighted by Gasteiger charge is 2.23. The predicted molar refractivity (Wildman–Crippen MR) is 74.3 cm³/mol. The van der Waals surface area contributed by atoms with Gasteiger partial charge in [0.25, 0.3) is 0 Å². The standard InChI is InChI=1S/C13H18FNO5S/c1-3-4-10(8-20-2)15-21(18,19)12-6-5-9(13(16)17)7-11(12)14/h5-7,10,15H,3-4,8H2,1-2H3,(H,16,17). The van der Waals surface area contributed by atoms with Gasteiger partial charge in [0, 0.05) is 13.2 Å². The second kappa shape index (κ2) is 7.48. The van der Waals surface area contributed by atoms with Crippen LogP contribution < -0.4 is 4.72 Å². The number of carboxylic acid groups (broad SMARTS) is 1. The lowest BCUT2D eigenvalue weighted by Gasteiger charge is -2.17. The highest BCUT2D eigenvalue weighted by molar-refractivity contribution is 7.89. The van der Waals surface area contributed by atoms with Crippen LogP contribution in [-0.2, 0) is 14.8 Å². The number of sulfonamides is 1. The third-order valence-electron chi connectivity index (χ3n) is 2.80. The van der Waals surface area contributed by atoms with Crippen LogP contribution in [0.1, 0.15) is 30.1 Å². The van der Waals surface area contributed by atoms with E-state index in [0.29, 0.717) is 12.5 Å². The van der Waals surface area contributed by atoms with Crippen molar-refractivity contribution >= 4 is 16.0 Å². The van der Waals surface area contributed by atoms with Gasteiger partial charge >= 0.3 is 5.97 Å². The van der Waals surface area contributed by atoms with Crippen LogP contribution in [0.5, 0.6) is 0 Å². The van der Waals surface area contributed by atoms with E-state index in [1.165, 1.54) is 7.11 Å². The van der Waals surface area contributed by atoms with Crippen molar-refractivity contribution in [1.82, 2.24) is 4.72 Å². The molecule has 1 rings (SSSR count). The molecule has 0 spiro atoms. The molecule has 0 aliphatic rings. The lowest BCUT2D eigenvalue weighted by Crippen LogP contribution is -2.38. The molecule has 8 heteroatoms. The third-order valence-corrected chi connectivity index (χ3v) is 4.35. The Kier molecular flexibility index (Phi) is 6.25. The molecule has 1 aromatic carbocycles. The van der Waals surface area contributed by atoms with E-state index in [4.69, 9.17) is 9.84 Å². The summed E-state index contributed by atoms with van der Waals surface area (Å²) in [6, 6.07) is 2.20. The summed E-state index contributed by atoms with van der Waals surface area (Å²) in [7, 11) is -2.63. The molecular weight excluding hydrogens is 301 g/mol. The minimum Gasteiger partial charge on any atom is -0.478 e. The highest BCUT2D eigenvalue weighted by atomic mass is 32.2. The first-order chi connectivity index (χ1) is 9.81. The molecule has 0 aliphatic carbocycles. The van der Waals surface area contributed by atoms with Gasteiger partial charge in [-0.15, -0.1) is 0 Å². The van der Waals surface area contributed by atoms with E-state index >= 15 is 0 Å². The minimum absolute atomic E-state index is 0.169. The summed E-state index contributed by atoms with van der Waals surface area (Å²) < 4.78 is 45.4. The van der Waals surface area contributed by atoms with Crippen molar-refractivity contribution in [2.45, 2.75) is 30.7 Å². The van der Waals surface area contributed by atoms with Gasteiger partial charge in [-0.05, 0) is 24.6 Å². The van der Waals surface area contributed by atoms with Gasteiger partial charge in [0.05, 0.1) is 12.2 Å². The molecule has 0 heterocycles. The zero-order valence-corrected chi connectivity index (χ0v) is 12.6. The van der Waals surface area contributed by atoms with Crippen molar-refractivity contribution in [3.63, 3.8) is 0 Å². The number of carboxylic acids is 1. The van der Waals surface area contributed by atoms with Crippen molar-refractivity contribution in [3.8, 4) is 0 Å². The van der Waals surface area contributed by atoms with Crippen LogP contribution in [0.4, 0.5) is 4.39 Å². The van der Waals surface area contributed by atoms with E-state index in [1.807, 2.05) is 6.92 Å². The number of benzene rings is 1. The molecule has 0 saturated heterocycles. The number of halogens is 1. The smallest absolute Gasteiger partial charge is 0.335 e. The Labute approximate surface area is 123 Å². The van der Waals surface area contributed by atoms with Gasteiger partial charge < -0.3 is 9.84 Å². The van der Waals surface area contributed by atoms with Crippen molar-refractivity contribution < 1.29 is 27.4 Å². The average molecular weight is 319 g/mol. The molecule has 1 unspecified atom stereocenters. The van der Waals surface area contributed by atoms with Gasteiger partial charge in [0.2, 0.25) is 10.0 Å². The number of hydrogen-bond donors (Lipinski definition) is 2. The maximum absolute atomic E-state index is 13.8. The van der Waals surface area contributed by atoms with E-state index in [0.717, 1.165) is 18.6 Å². The van der Waals surface area contributed by atoms with E-state index in [2.05, 4.69) is 4.72 Å². The number of methoxy groups -OCH3 is 1. The molecule has 21 heavy (non-hydrogen) atoms. The van der Waals surface area contributed by atoms with Crippen molar-refractivity contribution in [2.75, 3.05) is 13.7 Å². The average Bonchev–Trinajstić information content (AvgIpc) is 2.38. The van der Waals surface area contributed by atoms with Crippen molar-refractivity contribution in [3.05, 3.63) is 29.6 Å². The van der Waals surface area contributed by atoms with Crippen LogP contribution in [0.25, 0.3) is 0 Å². The van der Waals surface area contributed by atoms with E-state index in [-0.39, 0.29) is 12.2 Å². The molecule has 0 saturated carbocycles. The number of carbonyl (C=O) groups is 1. The second-order valence-electron chi connectivity index (χ2n) is 4.51. The topological polar surface area (TPSA) is 92.7 Å². The molecule has 6 nitrogen and oxygen atoms in total. The first-order valence-electron chi connectivity index (χ1n) is 6.36. The van der Waals surface area contributed by atoms with Gasteiger partial charge in [0.1, 0.15) is 10.7 Å². The molecule has 0 aliphatic heterocycles. The largest absolute Gasteiger partial charge is 0.478 e. The summed E-state index contributed by atoms with van der Waals surface area (Å²) in [5.41, 5.74) is -0.312.